The van der Waals surface area contributed by atoms with Gasteiger partial charge in [-0.1, -0.05) is 18.2 Å². The summed E-state index contributed by atoms with van der Waals surface area (Å²) >= 11 is 1.43. The van der Waals surface area contributed by atoms with Gasteiger partial charge in [-0.2, -0.15) is 0 Å². The number of carbonyl (C=O) groups is 1. The Labute approximate surface area is 148 Å². The summed E-state index contributed by atoms with van der Waals surface area (Å²) in [5.41, 5.74) is 1.03. The van der Waals surface area contributed by atoms with Crippen LogP contribution in [0.15, 0.2) is 52.9 Å². The fraction of sp³-hybridized carbons (Fsp3) is 0.278. The van der Waals surface area contributed by atoms with Crippen molar-refractivity contribution < 1.29 is 4.79 Å². The molecule has 25 heavy (non-hydrogen) atoms. The minimum atomic E-state index is -0.150. The van der Waals surface area contributed by atoms with Crippen LogP contribution in [0.4, 0.5) is 5.69 Å². The normalized spacial score (nSPS) is 14.9. The third kappa shape index (κ3) is 3.15. The van der Waals surface area contributed by atoms with E-state index < -0.39 is 0 Å². The summed E-state index contributed by atoms with van der Waals surface area (Å²) < 4.78 is 1.40. The number of benzene rings is 1. The number of rotatable bonds is 3. The lowest BCUT2D eigenvalue weighted by molar-refractivity contribution is -0.132. The highest BCUT2D eigenvalue weighted by atomic mass is 32.1. The summed E-state index contributed by atoms with van der Waals surface area (Å²) in [7, 11) is 0. The quantitative estimate of drug-likeness (QED) is 0.720. The molecular weight excluding hydrogens is 336 g/mol. The topological polar surface area (TPSA) is 58.4 Å². The number of carbonyl (C=O) groups excluding carboxylic acids is 1. The van der Waals surface area contributed by atoms with Gasteiger partial charge in [-0.15, -0.1) is 11.3 Å². The van der Waals surface area contributed by atoms with Crippen LogP contribution in [0.3, 0.4) is 0 Å². The van der Waals surface area contributed by atoms with Gasteiger partial charge in [0.2, 0.25) is 5.91 Å². The van der Waals surface area contributed by atoms with Gasteiger partial charge < -0.3 is 9.80 Å². The van der Waals surface area contributed by atoms with Crippen LogP contribution in [0.2, 0.25) is 0 Å². The molecular formula is C18H18N4O2S. The lowest BCUT2D eigenvalue weighted by Crippen LogP contribution is -2.50. The zero-order valence-electron chi connectivity index (χ0n) is 13.7. The van der Waals surface area contributed by atoms with E-state index >= 15 is 0 Å². The molecule has 3 aromatic rings. The van der Waals surface area contributed by atoms with Crippen LogP contribution in [-0.4, -0.2) is 46.5 Å². The van der Waals surface area contributed by atoms with Gasteiger partial charge in [0.05, 0.1) is 11.7 Å². The van der Waals surface area contributed by atoms with Crippen LogP contribution in [-0.2, 0) is 11.3 Å². The maximum absolute atomic E-state index is 12.6. The van der Waals surface area contributed by atoms with Crippen molar-refractivity contribution >= 4 is 33.1 Å². The van der Waals surface area contributed by atoms with E-state index in [2.05, 4.69) is 22.0 Å². The van der Waals surface area contributed by atoms with Gasteiger partial charge in [0, 0.05) is 31.9 Å². The summed E-state index contributed by atoms with van der Waals surface area (Å²) in [5, 5.41) is 2.42. The molecule has 1 aliphatic heterocycles. The van der Waals surface area contributed by atoms with Crippen molar-refractivity contribution in [3.8, 4) is 0 Å². The fourth-order valence-electron chi connectivity index (χ4n) is 3.10. The first kappa shape index (κ1) is 15.8. The Kier molecular flexibility index (Phi) is 4.23. The molecule has 1 aliphatic rings. The van der Waals surface area contributed by atoms with E-state index in [9.17, 15) is 9.59 Å². The van der Waals surface area contributed by atoms with Crippen molar-refractivity contribution in [1.82, 2.24) is 14.5 Å². The third-order valence-corrected chi connectivity index (χ3v) is 5.33. The van der Waals surface area contributed by atoms with Crippen LogP contribution >= 0.6 is 11.3 Å². The van der Waals surface area contributed by atoms with Crippen molar-refractivity contribution in [2.75, 3.05) is 31.1 Å². The SMILES string of the molecule is O=C(Cn1cnc2sccc2c1=O)N1CCN(c2ccccc2)CC1. The van der Waals surface area contributed by atoms with E-state index in [1.807, 2.05) is 28.5 Å². The highest BCUT2D eigenvalue weighted by Gasteiger charge is 2.22. The standard InChI is InChI=1S/C18H18N4O2S/c23-16(12-22-13-19-17-15(18(22)24)6-11-25-17)21-9-7-20(8-10-21)14-4-2-1-3-5-14/h1-6,11,13H,7-10,12H2. The van der Waals surface area contributed by atoms with Crippen molar-refractivity contribution in [2.45, 2.75) is 6.54 Å². The van der Waals surface area contributed by atoms with Crippen LogP contribution in [0.1, 0.15) is 0 Å². The number of aromatic nitrogens is 2. The Morgan fingerprint density at radius 2 is 1.84 bits per heavy atom. The average molecular weight is 354 g/mol. The number of hydrogen-bond donors (Lipinski definition) is 0. The van der Waals surface area contributed by atoms with E-state index in [4.69, 9.17) is 0 Å². The van der Waals surface area contributed by atoms with Gasteiger partial charge in [0.1, 0.15) is 11.4 Å². The fourth-order valence-corrected chi connectivity index (χ4v) is 3.83. The molecule has 0 spiro atoms. The van der Waals surface area contributed by atoms with Gasteiger partial charge >= 0.3 is 0 Å². The van der Waals surface area contributed by atoms with E-state index in [1.165, 1.54) is 27.9 Å². The number of nitrogens with zero attached hydrogens (tertiary/aromatic N) is 4. The number of hydrogen-bond acceptors (Lipinski definition) is 5. The smallest absolute Gasteiger partial charge is 0.262 e. The van der Waals surface area contributed by atoms with Crippen molar-refractivity contribution in [3.05, 3.63) is 58.5 Å². The summed E-state index contributed by atoms with van der Waals surface area (Å²) in [4.78, 5) is 34.0. The molecule has 2 aromatic heterocycles. The number of anilines is 1. The van der Waals surface area contributed by atoms with E-state index in [0.29, 0.717) is 23.3 Å². The first-order valence-electron chi connectivity index (χ1n) is 8.23. The number of para-hydroxylation sites is 1. The molecule has 0 bridgehead atoms. The molecule has 6 nitrogen and oxygen atoms in total. The Morgan fingerprint density at radius 3 is 2.60 bits per heavy atom. The maximum Gasteiger partial charge on any atom is 0.262 e. The Bertz CT molecular complexity index is 942. The molecule has 7 heteroatoms. The number of thiophene rings is 1. The first-order chi connectivity index (χ1) is 12.2. The van der Waals surface area contributed by atoms with Gasteiger partial charge in [-0.25, -0.2) is 4.98 Å². The molecule has 0 atom stereocenters. The highest BCUT2D eigenvalue weighted by Crippen LogP contribution is 2.16. The summed E-state index contributed by atoms with van der Waals surface area (Å²) in [6.07, 6.45) is 1.47. The Morgan fingerprint density at radius 1 is 1.08 bits per heavy atom. The summed E-state index contributed by atoms with van der Waals surface area (Å²) in [5.74, 6) is -0.0359. The molecule has 1 saturated heterocycles. The van der Waals surface area contributed by atoms with Crippen LogP contribution in [0.25, 0.3) is 10.2 Å². The largest absolute Gasteiger partial charge is 0.368 e. The Balaban J connectivity index is 1.42. The molecule has 3 heterocycles. The number of amides is 1. The predicted octanol–water partition coefficient (Wildman–Crippen LogP) is 1.81. The summed E-state index contributed by atoms with van der Waals surface area (Å²) in [6.45, 7) is 2.97. The van der Waals surface area contributed by atoms with Crippen molar-refractivity contribution in [3.63, 3.8) is 0 Å². The molecule has 0 unspecified atom stereocenters. The van der Waals surface area contributed by atoms with Crippen molar-refractivity contribution in [1.29, 1.82) is 0 Å². The third-order valence-electron chi connectivity index (χ3n) is 4.51. The van der Waals surface area contributed by atoms with Gasteiger partial charge in [0.25, 0.3) is 5.56 Å². The molecule has 0 N–H and O–H groups in total. The van der Waals surface area contributed by atoms with E-state index in [-0.39, 0.29) is 18.0 Å². The second-order valence-corrected chi connectivity index (χ2v) is 6.92. The minimum Gasteiger partial charge on any atom is -0.368 e. The lowest BCUT2D eigenvalue weighted by atomic mass is 10.2. The molecule has 0 aliphatic carbocycles. The molecule has 128 valence electrons. The molecule has 4 rings (SSSR count). The van der Waals surface area contributed by atoms with Crippen LogP contribution < -0.4 is 10.5 Å². The van der Waals surface area contributed by atoms with Gasteiger partial charge in [-0.05, 0) is 23.6 Å². The van der Waals surface area contributed by atoms with E-state index in [1.54, 1.807) is 6.07 Å². The van der Waals surface area contributed by atoms with Gasteiger partial charge in [0.15, 0.2) is 0 Å². The van der Waals surface area contributed by atoms with E-state index in [0.717, 1.165) is 13.1 Å². The first-order valence-corrected chi connectivity index (χ1v) is 9.11. The predicted molar refractivity (Wildman–Crippen MR) is 99.1 cm³/mol. The summed E-state index contributed by atoms with van der Waals surface area (Å²) in [6, 6.07) is 12.0. The molecule has 0 saturated carbocycles. The average Bonchev–Trinajstić information content (AvgIpc) is 3.14. The molecule has 0 radical (unpaired) electrons. The van der Waals surface area contributed by atoms with Crippen molar-refractivity contribution in [2.24, 2.45) is 0 Å². The highest BCUT2D eigenvalue weighted by molar-refractivity contribution is 7.16. The lowest BCUT2D eigenvalue weighted by Gasteiger charge is -2.36. The molecule has 1 aromatic carbocycles. The Hall–Kier alpha value is -2.67. The molecule has 1 fully saturated rings. The zero-order valence-corrected chi connectivity index (χ0v) is 14.5. The molecule has 1 amide bonds. The van der Waals surface area contributed by atoms with Gasteiger partial charge in [-0.3, -0.25) is 14.2 Å². The second kappa shape index (κ2) is 6.68. The van der Waals surface area contributed by atoms with Crippen LogP contribution in [0.5, 0.6) is 0 Å². The monoisotopic (exact) mass is 354 g/mol. The maximum atomic E-state index is 12.6. The number of fused-ring (bicyclic) bond motifs is 1. The minimum absolute atomic E-state index is 0.0359. The second-order valence-electron chi connectivity index (χ2n) is 6.02. The number of piperazine rings is 1. The van der Waals surface area contributed by atoms with Crippen LogP contribution in [0, 0.1) is 0 Å². The zero-order chi connectivity index (χ0) is 17.2.